The highest BCUT2D eigenvalue weighted by Crippen LogP contribution is 2.26. The average molecular weight is 324 g/mol. The van der Waals surface area contributed by atoms with Crippen molar-refractivity contribution in [1.29, 1.82) is 0 Å². The van der Waals surface area contributed by atoms with Gasteiger partial charge in [-0.25, -0.2) is 9.59 Å². The first-order valence-electron chi connectivity index (χ1n) is 3.58. The Labute approximate surface area is 93.8 Å². The fourth-order valence-corrected chi connectivity index (χ4v) is 2.25. The standard InChI is InChI=1S/C8H5IO6/c10-3-1-4(7(11)12)6(9-15)5(2-3)8(13)14/h1-2,10H,(H,11,12)(H,13,14). The van der Waals surface area contributed by atoms with Crippen LogP contribution in [0.3, 0.4) is 0 Å². The van der Waals surface area contributed by atoms with Crippen molar-refractivity contribution in [2.24, 2.45) is 0 Å². The lowest BCUT2D eigenvalue weighted by molar-refractivity contribution is 0.0694. The zero-order chi connectivity index (χ0) is 11.6. The molecule has 0 aliphatic carbocycles. The molecular weight excluding hydrogens is 319 g/mol. The number of hydrogen-bond acceptors (Lipinski definition) is 4. The molecule has 1 rings (SSSR count). The predicted octanol–water partition coefficient (Wildman–Crippen LogP) is 1.27. The Bertz CT molecular complexity index is 417. The molecule has 0 fully saturated rings. The fourth-order valence-electron chi connectivity index (χ4n) is 1.00. The Morgan fingerprint density at radius 3 is 1.73 bits per heavy atom. The van der Waals surface area contributed by atoms with Gasteiger partial charge < -0.3 is 15.3 Å². The van der Waals surface area contributed by atoms with Gasteiger partial charge >= 0.3 is 11.9 Å². The van der Waals surface area contributed by atoms with E-state index in [2.05, 4.69) is 0 Å². The first-order chi connectivity index (χ1) is 6.97. The van der Waals surface area contributed by atoms with Crippen LogP contribution in [-0.2, 0) is 3.07 Å². The SMILES string of the molecule is O=Ic1c(C(=O)O)cc(O)cc1C(=O)O. The van der Waals surface area contributed by atoms with Crippen molar-refractivity contribution >= 4 is 33.1 Å². The summed E-state index contributed by atoms with van der Waals surface area (Å²) in [5.74, 6) is -3.32. The summed E-state index contributed by atoms with van der Waals surface area (Å²) in [5.41, 5.74) is -0.870. The van der Waals surface area contributed by atoms with E-state index in [4.69, 9.17) is 15.3 Å². The summed E-state index contributed by atoms with van der Waals surface area (Å²) >= 11 is -1.94. The molecule has 0 unspecified atom stereocenters. The van der Waals surface area contributed by atoms with Crippen LogP contribution in [0, 0.1) is 3.57 Å². The number of rotatable bonds is 3. The molecule has 0 saturated heterocycles. The van der Waals surface area contributed by atoms with Gasteiger partial charge in [0.25, 0.3) is 0 Å². The third kappa shape index (κ3) is 2.29. The van der Waals surface area contributed by atoms with Crippen molar-refractivity contribution in [2.75, 3.05) is 0 Å². The highest BCUT2D eigenvalue weighted by atomic mass is 127. The Morgan fingerprint density at radius 1 is 1.07 bits per heavy atom. The molecule has 6 nitrogen and oxygen atoms in total. The van der Waals surface area contributed by atoms with Crippen LogP contribution in [0.15, 0.2) is 12.1 Å². The van der Waals surface area contributed by atoms with Gasteiger partial charge in [-0.2, -0.15) is 0 Å². The quantitative estimate of drug-likeness (QED) is 0.722. The molecule has 1 aromatic carbocycles. The number of carbonyl (C=O) groups is 2. The van der Waals surface area contributed by atoms with Gasteiger partial charge in [-0.1, -0.05) is 0 Å². The third-order valence-electron chi connectivity index (χ3n) is 1.60. The summed E-state index contributed by atoms with van der Waals surface area (Å²) in [5, 5.41) is 26.5. The third-order valence-corrected chi connectivity index (χ3v) is 3.20. The minimum Gasteiger partial charge on any atom is -0.508 e. The molecule has 15 heavy (non-hydrogen) atoms. The van der Waals surface area contributed by atoms with Crippen molar-refractivity contribution in [1.82, 2.24) is 0 Å². The minimum atomic E-state index is -1.94. The van der Waals surface area contributed by atoms with Crippen molar-refractivity contribution < 1.29 is 28.0 Å². The van der Waals surface area contributed by atoms with Crippen LogP contribution in [0.5, 0.6) is 5.75 Å². The lowest BCUT2D eigenvalue weighted by Crippen LogP contribution is -2.07. The zero-order valence-corrected chi connectivity index (χ0v) is 9.26. The highest BCUT2D eigenvalue weighted by molar-refractivity contribution is 14.1. The topological polar surface area (TPSA) is 112 Å². The van der Waals surface area contributed by atoms with Gasteiger partial charge in [0, 0.05) is 0 Å². The van der Waals surface area contributed by atoms with Gasteiger partial charge in [-0.05, 0) is 12.1 Å². The molecular formula is C8H5IO6. The van der Waals surface area contributed by atoms with Crippen LogP contribution in [0.4, 0.5) is 0 Å². The smallest absolute Gasteiger partial charge is 0.337 e. The van der Waals surface area contributed by atoms with Gasteiger partial charge in [-0.15, -0.1) is 0 Å². The van der Waals surface area contributed by atoms with Crippen LogP contribution >= 0.6 is 21.2 Å². The van der Waals surface area contributed by atoms with Crippen molar-refractivity contribution in [3.63, 3.8) is 0 Å². The summed E-state index contributed by atoms with van der Waals surface area (Å²) < 4.78 is 10.6. The first-order valence-corrected chi connectivity index (χ1v) is 5.54. The molecule has 0 atom stereocenters. The Hall–Kier alpha value is -1.51. The summed E-state index contributed by atoms with van der Waals surface area (Å²) in [4.78, 5) is 21.4. The summed E-state index contributed by atoms with van der Waals surface area (Å²) in [7, 11) is 0. The Balaban J connectivity index is 3.59. The largest absolute Gasteiger partial charge is 0.508 e. The van der Waals surface area contributed by atoms with E-state index in [1.807, 2.05) is 0 Å². The number of halogens is 1. The number of benzene rings is 1. The molecule has 1 aromatic rings. The van der Waals surface area contributed by atoms with E-state index < -0.39 is 50.0 Å². The van der Waals surface area contributed by atoms with Crippen LogP contribution in [0.1, 0.15) is 20.7 Å². The van der Waals surface area contributed by atoms with E-state index in [-0.39, 0.29) is 3.57 Å². The lowest BCUT2D eigenvalue weighted by atomic mass is 10.1. The molecule has 7 heteroatoms. The molecule has 0 amide bonds. The van der Waals surface area contributed by atoms with E-state index in [0.717, 1.165) is 12.1 Å². The molecule has 0 saturated carbocycles. The maximum absolute atomic E-state index is 10.8. The second kappa shape index (κ2) is 4.34. The summed E-state index contributed by atoms with van der Waals surface area (Å²) in [6, 6.07) is 1.75. The lowest BCUT2D eigenvalue weighted by Gasteiger charge is -2.03. The second-order valence-electron chi connectivity index (χ2n) is 2.54. The molecule has 0 aromatic heterocycles. The molecule has 0 radical (unpaired) electrons. The van der Waals surface area contributed by atoms with E-state index >= 15 is 0 Å². The zero-order valence-electron chi connectivity index (χ0n) is 7.10. The van der Waals surface area contributed by atoms with E-state index in [1.54, 1.807) is 0 Å². The normalized spacial score (nSPS) is 9.87. The van der Waals surface area contributed by atoms with E-state index in [0.29, 0.717) is 0 Å². The number of phenols is 1. The number of aromatic hydroxyl groups is 1. The summed E-state index contributed by atoms with van der Waals surface area (Å²) in [6.07, 6.45) is 0. The molecule has 0 aliphatic rings. The number of carboxylic acids is 2. The monoisotopic (exact) mass is 324 g/mol. The van der Waals surface area contributed by atoms with Crippen molar-refractivity contribution in [3.8, 4) is 5.75 Å². The number of aromatic carboxylic acids is 2. The van der Waals surface area contributed by atoms with Crippen LogP contribution in [-0.4, -0.2) is 27.3 Å². The Morgan fingerprint density at radius 2 is 1.47 bits per heavy atom. The molecule has 0 aliphatic heterocycles. The maximum Gasteiger partial charge on any atom is 0.337 e. The number of phenolic OH excluding ortho intramolecular Hbond substituents is 1. The van der Waals surface area contributed by atoms with Crippen molar-refractivity contribution in [3.05, 3.63) is 26.8 Å². The second-order valence-corrected chi connectivity index (χ2v) is 4.06. The maximum atomic E-state index is 10.8. The molecule has 3 N–H and O–H groups in total. The van der Waals surface area contributed by atoms with Crippen LogP contribution in [0.2, 0.25) is 0 Å². The predicted molar refractivity (Wildman–Crippen MR) is 55.4 cm³/mol. The highest BCUT2D eigenvalue weighted by Gasteiger charge is 2.20. The van der Waals surface area contributed by atoms with Gasteiger partial charge in [0.1, 0.15) is 5.75 Å². The van der Waals surface area contributed by atoms with Gasteiger partial charge in [-0.3, -0.25) is 3.07 Å². The van der Waals surface area contributed by atoms with Gasteiger partial charge in [0.05, 0.1) is 14.7 Å². The van der Waals surface area contributed by atoms with Gasteiger partial charge in [0.2, 0.25) is 0 Å². The van der Waals surface area contributed by atoms with E-state index in [1.165, 1.54) is 0 Å². The molecule has 0 bridgehead atoms. The van der Waals surface area contributed by atoms with Crippen molar-refractivity contribution in [2.45, 2.75) is 0 Å². The molecule has 80 valence electrons. The minimum absolute atomic E-state index is 0.230. The fraction of sp³-hybridized carbons (Fsp3) is 0. The molecule has 0 heterocycles. The van der Waals surface area contributed by atoms with Crippen LogP contribution < -0.4 is 0 Å². The molecule has 0 spiro atoms. The average Bonchev–Trinajstić information content (AvgIpc) is 2.16. The van der Waals surface area contributed by atoms with E-state index in [9.17, 15) is 12.7 Å². The summed E-state index contributed by atoms with van der Waals surface area (Å²) in [6.45, 7) is 0. The first kappa shape index (κ1) is 11.6. The number of hydrogen-bond donors (Lipinski definition) is 3. The Kier molecular flexibility index (Phi) is 3.35. The van der Waals surface area contributed by atoms with Crippen LogP contribution in [0.25, 0.3) is 0 Å². The number of carboxylic acid groups (broad SMARTS) is 2. The van der Waals surface area contributed by atoms with Gasteiger partial charge in [0.15, 0.2) is 21.2 Å².